The number of benzene rings is 1. The van der Waals surface area contributed by atoms with Crippen molar-refractivity contribution in [3.05, 3.63) is 29.6 Å². The van der Waals surface area contributed by atoms with Crippen LogP contribution in [0.5, 0.6) is 0 Å². The van der Waals surface area contributed by atoms with E-state index in [1.54, 1.807) is 0 Å². The highest BCUT2D eigenvalue weighted by Crippen LogP contribution is 2.34. The maximum Gasteiger partial charge on any atom is 0.419 e. The molecule has 0 aliphatic carbocycles. The molecule has 1 aromatic rings. The van der Waals surface area contributed by atoms with Gasteiger partial charge in [0.2, 0.25) is 0 Å². The van der Waals surface area contributed by atoms with E-state index in [9.17, 15) is 17.6 Å². The second kappa shape index (κ2) is 4.67. The Morgan fingerprint density at radius 1 is 1.26 bits per heavy atom. The van der Waals surface area contributed by atoms with Crippen molar-refractivity contribution in [2.45, 2.75) is 25.6 Å². The summed E-state index contributed by atoms with van der Waals surface area (Å²) >= 11 is 0. The minimum atomic E-state index is -4.66. The maximum absolute atomic E-state index is 13.2. The Labute approximate surface area is 109 Å². The largest absolute Gasteiger partial charge is 0.419 e. The molecule has 0 aromatic heterocycles. The Kier molecular flexibility index (Phi) is 3.47. The predicted octanol–water partition coefficient (Wildman–Crippen LogP) is 3.03. The van der Waals surface area contributed by atoms with Crippen molar-refractivity contribution in [2.75, 3.05) is 24.5 Å². The second-order valence-corrected chi connectivity index (χ2v) is 5.39. The van der Waals surface area contributed by atoms with Crippen LogP contribution in [0.25, 0.3) is 0 Å². The summed E-state index contributed by atoms with van der Waals surface area (Å²) in [5.41, 5.74) is -0.977. The molecule has 0 unspecified atom stereocenters. The van der Waals surface area contributed by atoms with Gasteiger partial charge in [-0.2, -0.15) is 13.2 Å². The molecule has 0 radical (unpaired) electrons. The Morgan fingerprint density at radius 2 is 1.95 bits per heavy atom. The number of hydrogen-bond acceptors (Lipinski definition) is 2. The first-order valence-corrected chi connectivity index (χ1v) is 6.06. The highest BCUT2D eigenvalue weighted by atomic mass is 19.4. The van der Waals surface area contributed by atoms with E-state index in [2.05, 4.69) is 5.32 Å². The maximum atomic E-state index is 13.2. The fourth-order valence-electron chi connectivity index (χ4n) is 2.29. The molecule has 1 aromatic carbocycles. The lowest BCUT2D eigenvalue weighted by Crippen LogP contribution is -2.57. The third-order valence-electron chi connectivity index (χ3n) is 3.19. The molecule has 1 aliphatic heterocycles. The van der Waals surface area contributed by atoms with E-state index in [1.807, 2.05) is 18.7 Å². The molecule has 2 rings (SSSR count). The molecule has 106 valence electrons. The van der Waals surface area contributed by atoms with Gasteiger partial charge in [-0.1, -0.05) is 0 Å². The molecule has 0 bridgehead atoms. The van der Waals surface area contributed by atoms with Crippen molar-refractivity contribution in [1.82, 2.24) is 5.32 Å². The van der Waals surface area contributed by atoms with Gasteiger partial charge in [0.15, 0.2) is 0 Å². The summed E-state index contributed by atoms with van der Waals surface area (Å²) < 4.78 is 51.3. The van der Waals surface area contributed by atoms with E-state index < -0.39 is 17.6 Å². The first kappa shape index (κ1) is 14.1. The minimum Gasteiger partial charge on any atom is -0.368 e. The summed E-state index contributed by atoms with van der Waals surface area (Å²) in [6, 6.07) is 3.16. The minimum absolute atomic E-state index is 0.176. The van der Waals surface area contributed by atoms with Gasteiger partial charge in [0.25, 0.3) is 0 Å². The van der Waals surface area contributed by atoms with E-state index in [0.29, 0.717) is 25.3 Å². The van der Waals surface area contributed by atoms with Crippen LogP contribution in [-0.2, 0) is 6.18 Å². The number of alkyl halides is 3. The number of rotatable bonds is 1. The van der Waals surface area contributed by atoms with Crippen molar-refractivity contribution in [1.29, 1.82) is 0 Å². The van der Waals surface area contributed by atoms with Gasteiger partial charge in [0.1, 0.15) is 5.82 Å². The quantitative estimate of drug-likeness (QED) is 0.793. The van der Waals surface area contributed by atoms with E-state index in [-0.39, 0.29) is 5.54 Å². The Bertz CT molecular complexity index is 468. The van der Waals surface area contributed by atoms with Crippen molar-refractivity contribution >= 4 is 5.69 Å². The van der Waals surface area contributed by atoms with E-state index in [0.717, 1.165) is 12.1 Å². The Balaban J connectivity index is 2.31. The molecular weight excluding hydrogens is 260 g/mol. The fraction of sp³-hybridized carbons (Fsp3) is 0.538. The number of nitrogens with zero attached hydrogens (tertiary/aromatic N) is 1. The number of halogens is 4. The first-order valence-electron chi connectivity index (χ1n) is 6.06. The van der Waals surface area contributed by atoms with Crippen molar-refractivity contribution < 1.29 is 17.6 Å². The fourth-order valence-corrected chi connectivity index (χ4v) is 2.29. The van der Waals surface area contributed by atoms with Gasteiger partial charge < -0.3 is 10.2 Å². The molecule has 1 saturated heterocycles. The number of anilines is 1. The zero-order valence-electron chi connectivity index (χ0n) is 10.8. The van der Waals surface area contributed by atoms with Crippen molar-refractivity contribution in [3.8, 4) is 0 Å². The lowest BCUT2D eigenvalue weighted by molar-refractivity contribution is -0.139. The molecule has 1 fully saturated rings. The molecule has 1 heterocycles. The van der Waals surface area contributed by atoms with Crippen LogP contribution in [0.2, 0.25) is 0 Å². The summed E-state index contributed by atoms with van der Waals surface area (Å²) in [7, 11) is 0. The van der Waals surface area contributed by atoms with Gasteiger partial charge in [0.05, 0.1) is 5.56 Å². The summed E-state index contributed by atoms with van der Waals surface area (Å²) in [6.45, 7) is 5.83. The van der Waals surface area contributed by atoms with Gasteiger partial charge in [-0.05, 0) is 32.0 Å². The molecule has 0 atom stereocenters. The molecule has 19 heavy (non-hydrogen) atoms. The van der Waals surface area contributed by atoms with E-state index in [4.69, 9.17) is 0 Å². The highest BCUT2D eigenvalue weighted by Gasteiger charge is 2.35. The van der Waals surface area contributed by atoms with Gasteiger partial charge in [0, 0.05) is 30.9 Å². The van der Waals surface area contributed by atoms with Crippen LogP contribution in [-0.4, -0.2) is 25.2 Å². The molecule has 1 N–H and O–H groups in total. The van der Waals surface area contributed by atoms with Gasteiger partial charge in [-0.25, -0.2) is 4.39 Å². The van der Waals surface area contributed by atoms with Gasteiger partial charge in [-0.3, -0.25) is 0 Å². The first-order chi connectivity index (χ1) is 8.69. The average Bonchev–Trinajstić information content (AvgIpc) is 2.26. The SMILES string of the molecule is CC1(C)CN(c2ccc(F)c(C(F)(F)F)c2)CCN1. The van der Waals surface area contributed by atoms with Crippen LogP contribution in [0, 0.1) is 5.82 Å². The van der Waals surface area contributed by atoms with E-state index in [1.165, 1.54) is 6.07 Å². The summed E-state index contributed by atoms with van der Waals surface area (Å²) in [6.07, 6.45) is -4.66. The summed E-state index contributed by atoms with van der Waals surface area (Å²) in [5.74, 6) is -1.23. The lowest BCUT2D eigenvalue weighted by atomic mass is 10.0. The van der Waals surface area contributed by atoms with Crippen LogP contribution in [0.3, 0.4) is 0 Å². The Morgan fingerprint density at radius 3 is 2.53 bits per heavy atom. The highest BCUT2D eigenvalue weighted by molar-refractivity contribution is 5.50. The van der Waals surface area contributed by atoms with Crippen LogP contribution >= 0.6 is 0 Å². The zero-order valence-corrected chi connectivity index (χ0v) is 10.8. The summed E-state index contributed by atoms with van der Waals surface area (Å²) in [5, 5.41) is 3.28. The third kappa shape index (κ3) is 3.18. The van der Waals surface area contributed by atoms with Gasteiger partial charge in [-0.15, -0.1) is 0 Å². The monoisotopic (exact) mass is 276 g/mol. The Hall–Kier alpha value is -1.30. The van der Waals surface area contributed by atoms with Crippen molar-refractivity contribution in [2.24, 2.45) is 0 Å². The number of hydrogen-bond donors (Lipinski definition) is 1. The molecule has 0 amide bonds. The third-order valence-corrected chi connectivity index (χ3v) is 3.19. The summed E-state index contributed by atoms with van der Waals surface area (Å²) in [4.78, 5) is 1.84. The van der Waals surface area contributed by atoms with Crippen LogP contribution < -0.4 is 10.2 Å². The van der Waals surface area contributed by atoms with Crippen LogP contribution in [0.4, 0.5) is 23.2 Å². The number of piperazine rings is 1. The smallest absolute Gasteiger partial charge is 0.368 e. The van der Waals surface area contributed by atoms with Crippen LogP contribution in [0.15, 0.2) is 18.2 Å². The molecule has 2 nitrogen and oxygen atoms in total. The number of nitrogens with one attached hydrogen (secondary N) is 1. The molecule has 0 saturated carbocycles. The lowest BCUT2D eigenvalue weighted by Gasteiger charge is -2.40. The van der Waals surface area contributed by atoms with Gasteiger partial charge >= 0.3 is 6.18 Å². The average molecular weight is 276 g/mol. The normalized spacial score (nSPS) is 19.6. The van der Waals surface area contributed by atoms with Crippen molar-refractivity contribution in [3.63, 3.8) is 0 Å². The molecular formula is C13H16F4N2. The standard InChI is InChI=1S/C13H16F4N2/c1-12(2)8-19(6-5-18-12)9-3-4-11(14)10(7-9)13(15,16)17/h3-4,7,18H,5-6,8H2,1-2H3. The van der Waals surface area contributed by atoms with Crippen LogP contribution in [0.1, 0.15) is 19.4 Å². The topological polar surface area (TPSA) is 15.3 Å². The zero-order chi connectivity index (χ0) is 14.3. The molecule has 6 heteroatoms. The molecule has 1 aliphatic rings. The predicted molar refractivity (Wildman–Crippen MR) is 65.7 cm³/mol. The second-order valence-electron chi connectivity index (χ2n) is 5.39. The molecule has 0 spiro atoms. The van der Waals surface area contributed by atoms with E-state index >= 15 is 0 Å².